The molecule has 0 saturated heterocycles. The van der Waals surface area contributed by atoms with Gasteiger partial charge in [-0.3, -0.25) is 4.79 Å². The van der Waals surface area contributed by atoms with Crippen LogP contribution in [0.1, 0.15) is 37.7 Å². The van der Waals surface area contributed by atoms with E-state index in [0.717, 1.165) is 25.8 Å². The minimum atomic E-state index is -0.914. The lowest BCUT2D eigenvalue weighted by Gasteiger charge is -2.16. The summed E-state index contributed by atoms with van der Waals surface area (Å²) < 4.78 is 26.1. The molecule has 11 nitrogen and oxygen atoms in total. The van der Waals surface area contributed by atoms with E-state index in [1.165, 1.54) is 6.92 Å². The first kappa shape index (κ1) is 27.9. The van der Waals surface area contributed by atoms with E-state index in [-0.39, 0.29) is 39.6 Å². The predicted molar refractivity (Wildman–Crippen MR) is 114 cm³/mol. The second-order valence-electron chi connectivity index (χ2n) is 7.16. The van der Waals surface area contributed by atoms with Gasteiger partial charge in [-0.25, -0.2) is 4.79 Å². The van der Waals surface area contributed by atoms with E-state index in [1.54, 1.807) is 12.1 Å². The molecule has 1 amide bonds. The maximum Gasteiger partial charge on any atom is 0.407 e. The van der Waals surface area contributed by atoms with Crippen molar-refractivity contribution in [2.24, 2.45) is 0 Å². The topological polar surface area (TPSA) is 149 Å². The van der Waals surface area contributed by atoms with Gasteiger partial charge in [0.25, 0.3) is 0 Å². The van der Waals surface area contributed by atoms with E-state index in [1.807, 2.05) is 7.05 Å². The number of aliphatic hydroxyl groups is 2. The fraction of sp³-hybridized carbons (Fsp3) is 0.714. The van der Waals surface area contributed by atoms with Gasteiger partial charge in [-0.15, -0.1) is 0 Å². The molecule has 0 aliphatic rings. The number of alkyl carbamates (subject to hydrolysis) is 1. The molecule has 4 N–H and O–H groups in total. The zero-order chi connectivity index (χ0) is 23.6. The second kappa shape index (κ2) is 17.4. The summed E-state index contributed by atoms with van der Waals surface area (Å²) in [5, 5.41) is 24.7. The molecule has 2 unspecified atom stereocenters. The molecule has 2 atom stereocenters. The Balaban J connectivity index is 2.17. The summed E-state index contributed by atoms with van der Waals surface area (Å²) in [6.45, 7) is 2.50. The van der Waals surface area contributed by atoms with Gasteiger partial charge in [-0.05, 0) is 38.6 Å². The van der Waals surface area contributed by atoms with E-state index in [9.17, 15) is 19.8 Å². The van der Waals surface area contributed by atoms with Crippen molar-refractivity contribution in [2.45, 2.75) is 51.6 Å². The minimum absolute atomic E-state index is 0.00660. The third kappa shape index (κ3) is 14.0. The van der Waals surface area contributed by atoms with Crippen LogP contribution in [0.15, 0.2) is 16.5 Å². The molecule has 0 spiro atoms. The highest BCUT2D eigenvalue weighted by Gasteiger charge is 2.14. The number of amides is 1. The number of furan rings is 1. The molecule has 0 bridgehead atoms. The number of carbonyl (C=O) groups excluding carboxylic acids is 2. The Labute approximate surface area is 188 Å². The van der Waals surface area contributed by atoms with Crippen LogP contribution in [-0.2, 0) is 37.0 Å². The Morgan fingerprint density at radius 1 is 1.03 bits per heavy atom. The van der Waals surface area contributed by atoms with E-state index >= 15 is 0 Å². The number of esters is 1. The van der Waals surface area contributed by atoms with Crippen molar-refractivity contribution in [3.8, 4) is 0 Å². The molecule has 0 radical (unpaired) electrons. The molecule has 1 aromatic rings. The van der Waals surface area contributed by atoms with Crippen LogP contribution in [0.2, 0.25) is 0 Å². The number of hydrogen-bond acceptors (Lipinski definition) is 10. The molecule has 184 valence electrons. The van der Waals surface area contributed by atoms with Crippen LogP contribution < -0.4 is 10.6 Å². The minimum Gasteiger partial charge on any atom is -0.463 e. The molecule has 0 aliphatic carbocycles. The van der Waals surface area contributed by atoms with E-state index in [2.05, 4.69) is 15.4 Å². The molecule has 1 heterocycles. The number of aliphatic hydroxyl groups excluding tert-OH is 2. The molecule has 11 heteroatoms. The molecule has 0 aromatic carbocycles. The Bertz CT molecular complexity index is 639. The van der Waals surface area contributed by atoms with E-state index in [0.29, 0.717) is 18.1 Å². The van der Waals surface area contributed by atoms with Crippen LogP contribution >= 0.6 is 0 Å². The Morgan fingerprint density at radius 2 is 1.69 bits per heavy atom. The molecular weight excluding hydrogens is 424 g/mol. The zero-order valence-corrected chi connectivity index (χ0v) is 18.8. The second-order valence-corrected chi connectivity index (χ2v) is 7.16. The van der Waals surface area contributed by atoms with Crippen LogP contribution in [0.25, 0.3) is 0 Å². The normalized spacial score (nSPS) is 12.9. The lowest BCUT2D eigenvalue weighted by atomic mass is 10.2. The summed E-state index contributed by atoms with van der Waals surface area (Å²) in [6, 6.07) is 3.42. The lowest BCUT2D eigenvalue weighted by molar-refractivity contribution is -0.145. The smallest absolute Gasteiger partial charge is 0.407 e. The molecule has 0 saturated carbocycles. The van der Waals surface area contributed by atoms with Gasteiger partial charge in [-0.2, -0.15) is 0 Å². The Hall–Kier alpha value is -2.18. The van der Waals surface area contributed by atoms with Crippen LogP contribution in [0.5, 0.6) is 0 Å². The molecular formula is C21H36N2O9. The fourth-order valence-corrected chi connectivity index (χ4v) is 2.54. The summed E-state index contributed by atoms with van der Waals surface area (Å²) >= 11 is 0. The molecule has 0 aliphatic heterocycles. The number of rotatable bonds is 18. The van der Waals surface area contributed by atoms with Gasteiger partial charge in [0.15, 0.2) is 0 Å². The van der Waals surface area contributed by atoms with Crippen LogP contribution in [-0.4, -0.2) is 81.0 Å². The Morgan fingerprint density at radius 3 is 2.31 bits per heavy atom. The number of nitrogens with one attached hydrogen (secondary N) is 2. The average molecular weight is 461 g/mol. The quantitative estimate of drug-likeness (QED) is 0.182. The number of unbranched alkanes of at least 4 members (excludes halogenated alkanes) is 2. The van der Waals surface area contributed by atoms with Gasteiger partial charge >= 0.3 is 12.1 Å². The number of carbonyl (C=O) groups is 2. The fourth-order valence-electron chi connectivity index (χ4n) is 2.54. The van der Waals surface area contributed by atoms with Crippen molar-refractivity contribution < 1.29 is 43.2 Å². The Kier molecular flexibility index (Phi) is 15.1. The monoisotopic (exact) mass is 460 g/mol. The van der Waals surface area contributed by atoms with Gasteiger partial charge < -0.3 is 44.2 Å². The van der Waals surface area contributed by atoms with Crippen molar-refractivity contribution in [2.75, 3.05) is 46.6 Å². The van der Waals surface area contributed by atoms with Gasteiger partial charge in [0, 0.05) is 13.5 Å². The maximum absolute atomic E-state index is 11.8. The summed E-state index contributed by atoms with van der Waals surface area (Å²) in [6.07, 6.45) is 0.609. The van der Waals surface area contributed by atoms with Gasteiger partial charge in [0.05, 0.1) is 19.8 Å². The zero-order valence-electron chi connectivity index (χ0n) is 18.8. The average Bonchev–Trinajstić information content (AvgIpc) is 3.21. The highest BCUT2D eigenvalue weighted by atomic mass is 16.6. The van der Waals surface area contributed by atoms with Crippen molar-refractivity contribution in [1.29, 1.82) is 0 Å². The van der Waals surface area contributed by atoms with E-state index in [4.69, 9.17) is 18.6 Å². The molecule has 0 fully saturated rings. The van der Waals surface area contributed by atoms with Crippen LogP contribution in [0.3, 0.4) is 0 Å². The highest BCUT2D eigenvalue weighted by Crippen LogP contribution is 2.11. The standard InChI is InChI=1S/C21H36N2O9/c1-16(25)30-12-17(26)11-28-13-18-6-7-19(31-18)14-29-15-20(10-24)32-21(27)23-9-5-3-4-8-22-2/h6-7,17,20,22,24,26H,3-5,8-15H2,1-2H3,(H,23,27). The van der Waals surface area contributed by atoms with Crippen molar-refractivity contribution in [3.63, 3.8) is 0 Å². The first-order chi connectivity index (χ1) is 15.4. The predicted octanol–water partition coefficient (Wildman–Crippen LogP) is 0.714. The first-order valence-electron chi connectivity index (χ1n) is 10.7. The van der Waals surface area contributed by atoms with Crippen molar-refractivity contribution >= 4 is 12.1 Å². The first-order valence-corrected chi connectivity index (χ1v) is 10.7. The van der Waals surface area contributed by atoms with Gasteiger partial charge in [-0.1, -0.05) is 6.42 Å². The SMILES string of the molecule is CNCCCCCNC(=O)OC(CO)COCc1ccc(COCC(O)COC(C)=O)o1. The summed E-state index contributed by atoms with van der Waals surface area (Å²) in [5.74, 6) is 0.601. The van der Waals surface area contributed by atoms with Crippen molar-refractivity contribution in [3.05, 3.63) is 23.7 Å². The largest absolute Gasteiger partial charge is 0.463 e. The molecule has 32 heavy (non-hydrogen) atoms. The van der Waals surface area contributed by atoms with Crippen LogP contribution in [0.4, 0.5) is 4.79 Å². The number of ether oxygens (including phenoxy) is 4. The van der Waals surface area contributed by atoms with Gasteiger partial charge in [0.2, 0.25) is 0 Å². The third-order valence-corrected chi connectivity index (χ3v) is 4.15. The summed E-state index contributed by atoms with van der Waals surface area (Å²) in [7, 11) is 1.90. The third-order valence-electron chi connectivity index (χ3n) is 4.15. The summed E-state index contributed by atoms with van der Waals surface area (Å²) in [4.78, 5) is 22.5. The van der Waals surface area contributed by atoms with Gasteiger partial charge in [0.1, 0.15) is 43.5 Å². The van der Waals surface area contributed by atoms with E-state index < -0.39 is 24.3 Å². The number of hydrogen-bond donors (Lipinski definition) is 4. The lowest BCUT2D eigenvalue weighted by Crippen LogP contribution is -2.33. The molecule has 1 aromatic heterocycles. The van der Waals surface area contributed by atoms with Crippen molar-refractivity contribution in [1.82, 2.24) is 10.6 Å². The summed E-state index contributed by atoms with van der Waals surface area (Å²) in [5.41, 5.74) is 0. The maximum atomic E-state index is 11.8. The van der Waals surface area contributed by atoms with Crippen LogP contribution in [0, 0.1) is 0 Å². The highest BCUT2D eigenvalue weighted by molar-refractivity contribution is 5.67. The molecule has 1 rings (SSSR count).